The Morgan fingerprint density at radius 2 is 1.74 bits per heavy atom. The Hall–Kier alpha value is -2.40. The van der Waals surface area contributed by atoms with Crippen LogP contribution in [0.5, 0.6) is 0 Å². The standard InChI is InChI=1S/C14H12N2O3/c1-15-12(17)13(18)16(14(15)19)11-8-4-6-9-5-2-3-7-10(9)11/h2-8,13,18H,1H3/t13-/m0/s1. The first-order chi connectivity index (χ1) is 9.11. The van der Waals surface area contributed by atoms with Gasteiger partial charge >= 0.3 is 6.03 Å². The quantitative estimate of drug-likeness (QED) is 0.787. The van der Waals surface area contributed by atoms with Crippen molar-refractivity contribution in [3.8, 4) is 0 Å². The highest BCUT2D eigenvalue weighted by atomic mass is 16.3. The normalized spacial score (nSPS) is 19.6. The number of imide groups is 1. The van der Waals surface area contributed by atoms with E-state index in [4.69, 9.17) is 0 Å². The van der Waals surface area contributed by atoms with Gasteiger partial charge in [-0.25, -0.2) is 4.79 Å². The van der Waals surface area contributed by atoms with Gasteiger partial charge in [-0.05, 0) is 11.5 Å². The third kappa shape index (κ3) is 1.59. The smallest absolute Gasteiger partial charge is 0.333 e. The van der Waals surface area contributed by atoms with Crippen LogP contribution >= 0.6 is 0 Å². The lowest BCUT2D eigenvalue weighted by Crippen LogP contribution is -2.34. The van der Waals surface area contributed by atoms with Crippen molar-refractivity contribution in [1.82, 2.24) is 4.90 Å². The largest absolute Gasteiger partial charge is 0.365 e. The molecule has 0 aromatic heterocycles. The topological polar surface area (TPSA) is 60.9 Å². The fourth-order valence-corrected chi connectivity index (χ4v) is 2.30. The number of anilines is 1. The highest BCUT2D eigenvalue weighted by Gasteiger charge is 2.43. The lowest BCUT2D eigenvalue weighted by atomic mass is 10.1. The summed E-state index contributed by atoms with van der Waals surface area (Å²) in [5, 5.41) is 11.7. The number of hydrogen-bond acceptors (Lipinski definition) is 3. The molecular formula is C14H12N2O3. The van der Waals surface area contributed by atoms with E-state index < -0.39 is 18.2 Å². The van der Waals surface area contributed by atoms with E-state index in [1.54, 1.807) is 12.1 Å². The van der Waals surface area contributed by atoms with Gasteiger partial charge in [0.05, 0.1) is 5.69 Å². The van der Waals surface area contributed by atoms with E-state index in [9.17, 15) is 14.7 Å². The minimum absolute atomic E-state index is 0.520. The van der Waals surface area contributed by atoms with Crippen molar-refractivity contribution >= 4 is 28.4 Å². The van der Waals surface area contributed by atoms with Gasteiger partial charge in [-0.15, -0.1) is 0 Å². The van der Waals surface area contributed by atoms with Crippen molar-refractivity contribution < 1.29 is 14.7 Å². The van der Waals surface area contributed by atoms with Gasteiger partial charge in [0.15, 0.2) is 0 Å². The van der Waals surface area contributed by atoms with Gasteiger partial charge in [-0.3, -0.25) is 14.6 Å². The van der Waals surface area contributed by atoms with E-state index in [2.05, 4.69) is 0 Å². The Labute approximate surface area is 109 Å². The second kappa shape index (κ2) is 4.07. The van der Waals surface area contributed by atoms with Crippen LogP contribution in [0.1, 0.15) is 0 Å². The summed E-state index contributed by atoms with van der Waals surface area (Å²) in [4.78, 5) is 25.7. The molecule has 0 saturated carbocycles. The molecule has 2 aromatic carbocycles. The predicted molar refractivity (Wildman–Crippen MR) is 70.6 cm³/mol. The number of rotatable bonds is 1. The van der Waals surface area contributed by atoms with Gasteiger partial charge in [0.2, 0.25) is 6.23 Å². The molecule has 2 aromatic rings. The molecule has 1 fully saturated rings. The van der Waals surface area contributed by atoms with Gasteiger partial charge in [-0.2, -0.15) is 0 Å². The molecule has 96 valence electrons. The number of hydrogen-bond donors (Lipinski definition) is 1. The number of likely N-dealkylation sites (N-methyl/N-ethyl adjacent to an activating group) is 1. The van der Waals surface area contributed by atoms with Crippen LogP contribution in [0.2, 0.25) is 0 Å². The number of nitrogens with zero attached hydrogens (tertiary/aromatic N) is 2. The lowest BCUT2D eigenvalue weighted by Gasteiger charge is -2.19. The van der Waals surface area contributed by atoms with Crippen molar-refractivity contribution in [3.63, 3.8) is 0 Å². The summed E-state index contributed by atoms with van der Waals surface area (Å²) in [7, 11) is 1.36. The van der Waals surface area contributed by atoms with Crippen LogP contribution in [0.3, 0.4) is 0 Å². The average molecular weight is 256 g/mol. The second-order valence-electron chi connectivity index (χ2n) is 4.42. The second-order valence-corrected chi connectivity index (χ2v) is 4.42. The minimum Gasteiger partial charge on any atom is -0.365 e. The van der Waals surface area contributed by atoms with E-state index in [1.165, 1.54) is 7.05 Å². The Kier molecular flexibility index (Phi) is 2.50. The maximum atomic E-state index is 12.0. The molecule has 0 radical (unpaired) electrons. The Morgan fingerprint density at radius 1 is 1.05 bits per heavy atom. The Morgan fingerprint density at radius 3 is 2.42 bits per heavy atom. The molecule has 1 aliphatic heterocycles. The molecule has 1 saturated heterocycles. The van der Waals surface area contributed by atoms with E-state index in [0.29, 0.717) is 5.69 Å². The summed E-state index contributed by atoms with van der Waals surface area (Å²) >= 11 is 0. The first-order valence-corrected chi connectivity index (χ1v) is 5.88. The zero-order valence-corrected chi connectivity index (χ0v) is 10.3. The number of benzene rings is 2. The van der Waals surface area contributed by atoms with Gasteiger partial charge in [0, 0.05) is 12.4 Å². The molecule has 1 aliphatic rings. The van der Waals surface area contributed by atoms with Gasteiger partial charge in [0.1, 0.15) is 0 Å². The lowest BCUT2D eigenvalue weighted by molar-refractivity contribution is -0.132. The third-order valence-corrected chi connectivity index (χ3v) is 3.32. The number of aliphatic hydroxyl groups is 1. The number of carbonyl (C=O) groups excluding carboxylic acids is 2. The minimum atomic E-state index is -1.46. The van der Waals surface area contributed by atoms with Gasteiger partial charge < -0.3 is 5.11 Å². The summed E-state index contributed by atoms with van der Waals surface area (Å²) in [6.45, 7) is 0. The fourth-order valence-electron chi connectivity index (χ4n) is 2.30. The molecule has 0 spiro atoms. The molecule has 0 unspecified atom stereocenters. The first kappa shape index (κ1) is 11.7. The summed E-state index contributed by atoms with van der Waals surface area (Å²) < 4.78 is 0. The van der Waals surface area contributed by atoms with Crippen LogP contribution in [-0.2, 0) is 4.79 Å². The molecule has 0 bridgehead atoms. The first-order valence-electron chi connectivity index (χ1n) is 5.88. The molecule has 5 heteroatoms. The van der Waals surface area contributed by atoms with E-state index >= 15 is 0 Å². The molecule has 1 atom stereocenters. The van der Waals surface area contributed by atoms with Crippen molar-refractivity contribution in [2.24, 2.45) is 0 Å². The maximum Gasteiger partial charge on any atom is 0.333 e. The number of aliphatic hydroxyl groups excluding tert-OH is 1. The van der Waals surface area contributed by atoms with Crippen LogP contribution in [0, 0.1) is 0 Å². The summed E-state index contributed by atoms with van der Waals surface area (Å²) in [5.74, 6) is -0.613. The van der Waals surface area contributed by atoms with Crippen LogP contribution in [0.25, 0.3) is 10.8 Å². The Bertz CT molecular complexity index is 678. The highest BCUT2D eigenvalue weighted by Crippen LogP contribution is 2.31. The van der Waals surface area contributed by atoms with Gasteiger partial charge in [0.25, 0.3) is 5.91 Å². The molecule has 3 rings (SSSR count). The van der Waals surface area contributed by atoms with Crippen molar-refractivity contribution in [2.75, 3.05) is 11.9 Å². The molecule has 0 aliphatic carbocycles. The van der Waals surface area contributed by atoms with E-state index in [-0.39, 0.29) is 0 Å². The molecule has 1 N–H and O–H groups in total. The average Bonchev–Trinajstić information content (AvgIpc) is 2.63. The van der Waals surface area contributed by atoms with Gasteiger partial charge in [-0.1, -0.05) is 36.4 Å². The number of amides is 3. The Balaban J connectivity index is 2.20. The van der Waals surface area contributed by atoms with E-state index in [1.807, 2.05) is 30.3 Å². The van der Waals surface area contributed by atoms with Crippen LogP contribution in [0.15, 0.2) is 42.5 Å². The third-order valence-electron chi connectivity index (χ3n) is 3.32. The highest BCUT2D eigenvalue weighted by molar-refractivity contribution is 6.16. The fraction of sp³-hybridized carbons (Fsp3) is 0.143. The SMILES string of the molecule is CN1C(=O)[C@H](O)N(c2cccc3ccccc23)C1=O. The summed E-state index contributed by atoms with van der Waals surface area (Å²) in [6.07, 6.45) is -1.46. The van der Waals surface area contributed by atoms with Crippen molar-refractivity contribution in [1.29, 1.82) is 0 Å². The molecule has 1 heterocycles. The summed E-state index contributed by atoms with van der Waals surface area (Å²) in [5.41, 5.74) is 0.535. The number of carbonyl (C=O) groups is 2. The molecule has 3 amide bonds. The molecular weight excluding hydrogens is 244 g/mol. The zero-order chi connectivity index (χ0) is 13.6. The van der Waals surface area contributed by atoms with Crippen LogP contribution in [0.4, 0.5) is 10.5 Å². The van der Waals surface area contributed by atoms with Crippen molar-refractivity contribution in [3.05, 3.63) is 42.5 Å². The van der Waals surface area contributed by atoms with E-state index in [0.717, 1.165) is 20.6 Å². The maximum absolute atomic E-state index is 12.0. The van der Waals surface area contributed by atoms with Crippen molar-refractivity contribution in [2.45, 2.75) is 6.23 Å². The monoisotopic (exact) mass is 256 g/mol. The van der Waals surface area contributed by atoms with Crippen LogP contribution < -0.4 is 4.90 Å². The predicted octanol–water partition coefficient (Wildman–Crippen LogP) is 1.56. The molecule has 19 heavy (non-hydrogen) atoms. The number of fused-ring (bicyclic) bond motifs is 1. The number of urea groups is 1. The molecule has 5 nitrogen and oxygen atoms in total. The zero-order valence-electron chi connectivity index (χ0n) is 10.3. The summed E-state index contributed by atoms with van der Waals surface area (Å²) in [6, 6.07) is 12.4. The van der Waals surface area contributed by atoms with Crippen LogP contribution in [-0.4, -0.2) is 35.2 Å².